The van der Waals surface area contributed by atoms with Crippen molar-refractivity contribution >= 4 is 23.3 Å². The SMILES string of the molecule is CNC(=O)c1cc(Oc2ccc(NC(=O)Nc3ccccc3C)cc2)ccn1. The Morgan fingerprint density at radius 2 is 1.68 bits per heavy atom. The Morgan fingerprint density at radius 1 is 0.929 bits per heavy atom. The first-order chi connectivity index (χ1) is 13.5. The molecule has 2 aromatic carbocycles. The molecule has 0 spiro atoms. The summed E-state index contributed by atoms with van der Waals surface area (Å²) < 4.78 is 5.74. The molecule has 3 N–H and O–H groups in total. The fourth-order valence-corrected chi connectivity index (χ4v) is 2.47. The molecule has 0 unspecified atom stereocenters. The van der Waals surface area contributed by atoms with Crippen LogP contribution in [0.2, 0.25) is 0 Å². The van der Waals surface area contributed by atoms with Crippen molar-refractivity contribution < 1.29 is 14.3 Å². The van der Waals surface area contributed by atoms with Crippen LogP contribution in [0.4, 0.5) is 16.2 Å². The van der Waals surface area contributed by atoms with E-state index in [1.165, 1.54) is 6.20 Å². The first-order valence-electron chi connectivity index (χ1n) is 8.65. The van der Waals surface area contributed by atoms with Crippen molar-refractivity contribution in [1.29, 1.82) is 0 Å². The van der Waals surface area contributed by atoms with E-state index in [4.69, 9.17) is 4.74 Å². The fraction of sp³-hybridized carbons (Fsp3) is 0.0952. The molecule has 0 aliphatic heterocycles. The Kier molecular flexibility index (Phi) is 5.86. The van der Waals surface area contributed by atoms with Gasteiger partial charge in [0.15, 0.2) is 0 Å². The standard InChI is InChI=1S/C21H20N4O3/c1-14-5-3-4-6-18(14)25-21(27)24-15-7-9-16(10-8-15)28-17-11-12-23-19(13-17)20(26)22-2/h3-13H,1-2H3,(H,22,26)(H2,24,25,27). The molecule has 0 fully saturated rings. The van der Waals surface area contributed by atoms with E-state index in [-0.39, 0.29) is 17.6 Å². The van der Waals surface area contributed by atoms with Gasteiger partial charge < -0.3 is 20.7 Å². The molecular weight excluding hydrogens is 356 g/mol. The van der Waals surface area contributed by atoms with Crippen molar-refractivity contribution in [3.8, 4) is 11.5 Å². The van der Waals surface area contributed by atoms with Crippen molar-refractivity contribution in [3.63, 3.8) is 0 Å². The van der Waals surface area contributed by atoms with Gasteiger partial charge in [-0.1, -0.05) is 18.2 Å². The molecule has 1 aromatic heterocycles. The zero-order valence-electron chi connectivity index (χ0n) is 15.5. The number of ether oxygens (including phenoxy) is 1. The van der Waals surface area contributed by atoms with Crippen molar-refractivity contribution in [2.75, 3.05) is 17.7 Å². The summed E-state index contributed by atoms with van der Waals surface area (Å²) in [6.07, 6.45) is 1.51. The Balaban J connectivity index is 1.61. The van der Waals surface area contributed by atoms with Crippen LogP contribution in [0.1, 0.15) is 16.1 Å². The molecule has 7 heteroatoms. The lowest BCUT2D eigenvalue weighted by Gasteiger charge is -2.11. The number of aromatic nitrogens is 1. The summed E-state index contributed by atoms with van der Waals surface area (Å²) in [5, 5.41) is 8.10. The van der Waals surface area contributed by atoms with Gasteiger partial charge in [-0.2, -0.15) is 0 Å². The summed E-state index contributed by atoms with van der Waals surface area (Å²) in [4.78, 5) is 27.8. The van der Waals surface area contributed by atoms with Gasteiger partial charge in [0.25, 0.3) is 5.91 Å². The average Bonchev–Trinajstić information content (AvgIpc) is 2.71. The minimum Gasteiger partial charge on any atom is -0.457 e. The third-order valence-corrected chi connectivity index (χ3v) is 3.93. The lowest BCUT2D eigenvalue weighted by Crippen LogP contribution is -2.19. The van der Waals surface area contributed by atoms with Crippen LogP contribution in [-0.2, 0) is 0 Å². The molecule has 0 bridgehead atoms. The number of anilines is 2. The Labute approximate surface area is 162 Å². The summed E-state index contributed by atoms with van der Waals surface area (Å²) in [5.41, 5.74) is 2.63. The highest BCUT2D eigenvalue weighted by Gasteiger charge is 2.08. The molecule has 0 saturated carbocycles. The van der Waals surface area contributed by atoms with Crippen LogP contribution in [0.5, 0.6) is 11.5 Å². The van der Waals surface area contributed by atoms with Crippen LogP contribution in [0.3, 0.4) is 0 Å². The molecule has 0 aliphatic rings. The van der Waals surface area contributed by atoms with E-state index in [0.717, 1.165) is 11.3 Å². The maximum absolute atomic E-state index is 12.1. The molecule has 142 valence electrons. The number of para-hydroxylation sites is 1. The fourth-order valence-electron chi connectivity index (χ4n) is 2.47. The number of rotatable bonds is 5. The van der Waals surface area contributed by atoms with Gasteiger partial charge in [-0.05, 0) is 48.9 Å². The van der Waals surface area contributed by atoms with Crippen molar-refractivity contribution in [2.45, 2.75) is 6.92 Å². The third-order valence-electron chi connectivity index (χ3n) is 3.93. The predicted molar refractivity (Wildman–Crippen MR) is 108 cm³/mol. The number of hydrogen-bond acceptors (Lipinski definition) is 4. The summed E-state index contributed by atoms with van der Waals surface area (Å²) in [6, 6.07) is 17.3. The number of pyridine rings is 1. The second kappa shape index (κ2) is 8.68. The molecule has 28 heavy (non-hydrogen) atoms. The molecule has 3 amide bonds. The maximum atomic E-state index is 12.1. The number of aryl methyl sites for hydroxylation is 1. The highest BCUT2D eigenvalue weighted by atomic mass is 16.5. The number of carbonyl (C=O) groups excluding carboxylic acids is 2. The number of nitrogens with zero attached hydrogens (tertiary/aromatic N) is 1. The Morgan fingerprint density at radius 3 is 2.39 bits per heavy atom. The van der Waals surface area contributed by atoms with Crippen LogP contribution in [0.15, 0.2) is 66.9 Å². The second-order valence-corrected chi connectivity index (χ2v) is 5.98. The topological polar surface area (TPSA) is 92.4 Å². The maximum Gasteiger partial charge on any atom is 0.323 e. The molecular formula is C21H20N4O3. The second-order valence-electron chi connectivity index (χ2n) is 5.98. The van der Waals surface area contributed by atoms with E-state index in [2.05, 4.69) is 20.9 Å². The summed E-state index contributed by atoms with van der Waals surface area (Å²) in [7, 11) is 1.54. The van der Waals surface area contributed by atoms with Gasteiger partial charge in [-0.15, -0.1) is 0 Å². The van der Waals surface area contributed by atoms with E-state index in [1.54, 1.807) is 43.4 Å². The molecule has 0 atom stereocenters. The van der Waals surface area contributed by atoms with Gasteiger partial charge in [0.1, 0.15) is 17.2 Å². The summed E-state index contributed by atoms with van der Waals surface area (Å²) in [6.45, 7) is 1.93. The highest BCUT2D eigenvalue weighted by molar-refractivity contribution is 6.00. The molecule has 3 aromatic rings. The lowest BCUT2D eigenvalue weighted by molar-refractivity contribution is 0.0958. The number of benzene rings is 2. The molecule has 1 heterocycles. The number of urea groups is 1. The van der Waals surface area contributed by atoms with Crippen LogP contribution in [0.25, 0.3) is 0 Å². The van der Waals surface area contributed by atoms with Crippen molar-refractivity contribution in [1.82, 2.24) is 10.3 Å². The van der Waals surface area contributed by atoms with Crippen LogP contribution in [0, 0.1) is 6.92 Å². The number of hydrogen-bond donors (Lipinski definition) is 3. The van der Waals surface area contributed by atoms with Crippen molar-refractivity contribution in [2.24, 2.45) is 0 Å². The molecule has 0 radical (unpaired) electrons. The summed E-state index contributed by atoms with van der Waals surface area (Å²) in [5.74, 6) is 0.773. The molecule has 0 saturated heterocycles. The predicted octanol–water partition coefficient (Wildman–Crippen LogP) is 4.19. The molecule has 0 aliphatic carbocycles. The van der Waals surface area contributed by atoms with Crippen LogP contribution in [-0.4, -0.2) is 24.0 Å². The normalized spacial score (nSPS) is 10.1. The van der Waals surface area contributed by atoms with Crippen molar-refractivity contribution in [3.05, 3.63) is 78.1 Å². The number of nitrogens with one attached hydrogen (secondary N) is 3. The van der Waals surface area contributed by atoms with E-state index < -0.39 is 0 Å². The number of carbonyl (C=O) groups is 2. The van der Waals surface area contributed by atoms with Gasteiger partial charge in [0.05, 0.1) is 0 Å². The van der Waals surface area contributed by atoms with Gasteiger partial charge in [-0.3, -0.25) is 9.78 Å². The molecule has 7 nitrogen and oxygen atoms in total. The van der Waals surface area contributed by atoms with Crippen LogP contribution < -0.4 is 20.7 Å². The van der Waals surface area contributed by atoms with E-state index >= 15 is 0 Å². The average molecular weight is 376 g/mol. The summed E-state index contributed by atoms with van der Waals surface area (Å²) >= 11 is 0. The number of amides is 3. The van der Waals surface area contributed by atoms with Crippen LogP contribution >= 0.6 is 0 Å². The van der Waals surface area contributed by atoms with E-state index in [1.807, 2.05) is 31.2 Å². The first-order valence-corrected chi connectivity index (χ1v) is 8.65. The van der Waals surface area contributed by atoms with Gasteiger partial charge in [0, 0.05) is 30.7 Å². The molecule has 3 rings (SSSR count). The van der Waals surface area contributed by atoms with Gasteiger partial charge in [0.2, 0.25) is 0 Å². The Hall–Kier alpha value is -3.87. The zero-order valence-corrected chi connectivity index (χ0v) is 15.5. The van der Waals surface area contributed by atoms with E-state index in [9.17, 15) is 9.59 Å². The first kappa shape index (κ1) is 18.9. The highest BCUT2D eigenvalue weighted by Crippen LogP contribution is 2.23. The van der Waals surface area contributed by atoms with Gasteiger partial charge in [-0.25, -0.2) is 4.79 Å². The zero-order chi connectivity index (χ0) is 19.9. The van der Waals surface area contributed by atoms with Gasteiger partial charge >= 0.3 is 6.03 Å². The lowest BCUT2D eigenvalue weighted by atomic mass is 10.2. The Bertz CT molecular complexity index is 987. The minimum atomic E-state index is -0.327. The smallest absolute Gasteiger partial charge is 0.323 e. The third kappa shape index (κ3) is 4.85. The van der Waals surface area contributed by atoms with E-state index in [0.29, 0.717) is 17.2 Å². The minimum absolute atomic E-state index is 0.270. The largest absolute Gasteiger partial charge is 0.457 e. The monoisotopic (exact) mass is 376 g/mol. The quantitative estimate of drug-likeness (QED) is 0.623.